The third-order valence-corrected chi connectivity index (χ3v) is 6.03. The number of carbonyl (C=O) groups is 1. The van der Waals surface area contributed by atoms with Crippen LogP contribution in [0.2, 0.25) is 0 Å². The van der Waals surface area contributed by atoms with E-state index in [0.717, 1.165) is 12.4 Å². The van der Waals surface area contributed by atoms with Crippen LogP contribution in [0.4, 0.5) is 24.8 Å². The predicted molar refractivity (Wildman–Crippen MR) is 125 cm³/mol. The fourth-order valence-corrected chi connectivity index (χ4v) is 3.83. The van der Waals surface area contributed by atoms with Crippen LogP contribution in [-0.2, 0) is 20.4 Å². The monoisotopic (exact) mass is 513 g/mol. The number of piperidine rings is 1. The van der Waals surface area contributed by atoms with Crippen molar-refractivity contribution < 1.29 is 27.4 Å². The fraction of sp³-hybridized carbons (Fsp3) is 0.591. The normalized spacial score (nSPS) is 15.6. The largest absolute Gasteiger partial charge is 0.419 e. The van der Waals surface area contributed by atoms with Gasteiger partial charge in [-0.3, -0.25) is 9.59 Å². The van der Waals surface area contributed by atoms with E-state index >= 15 is 0 Å². The molecular weight excluding hydrogens is 483 g/mol. The van der Waals surface area contributed by atoms with Crippen molar-refractivity contribution in [2.24, 2.45) is 0 Å². The van der Waals surface area contributed by atoms with Gasteiger partial charge >= 0.3 is 6.18 Å². The molecule has 36 heavy (non-hydrogen) atoms. The summed E-state index contributed by atoms with van der Waals surface area (Å²) >= 11 is 0. The molecule has 0 unspecified atom stereocenters. The summed E-state index contributed by atoms with van der Waals surface area (Å²) in [6.07, 6.45) is -0.181. The van der Waals surface area contributed by atoms with Gasteiger partial charge in [0.05, 0.1) is 36.7 Å². The van der Waals surface area contributed by atoms with Gasteiger partial charge in [-0.2, -0.15) is 18.3 Å². The number of carbonyl (C=O) groups excluding carboxylic acids is 1. The maximum absolute atomic E-state index is 12.7. The molecule has 1 aliphatic heterocycles. The Morgan fingerprint density at radius 2 is 1.92 bits per heavy atom. The minimum absolute atomic E-state index is 0.0375. The second kappa shape index (κ2) is 12.1. The smallest absolute Gasteiger partial charge is 0.382 e. The summed E-state index contributed by atoms with van der Waals surface area (Å²) in [6, 6.07) is -0.341. The van der Waals surface area contributed by atoms with Crippen molar-refractivity contribution in [3.63, 3.8) is 0 Å². The van der Waals surface area contributed by atoms with E-state index < -0.39 is 11.7 Å². The molecule has 1 amide bonds. The third kappa shape index (κ3) is 7.13. The molecule has 0 aliphatic carbocycles. The van der Waals surface area contributed by atoms with Crippen LogP contribution in [0.3, 0.4) is 0 Å². The summed E-state index contributed by atoms with van der Waals surface area (Å²) < 4.78 is 49.0. The van der Waals surface area contributed by atoms with Crippen LogP contribution in [0.15, 0.2) is 23.4 Å². The first kappa shape index (κ1) is 27.3. The molecule has 1 atom stereocenters. The highest BCUT2D eigenvalue weighted by molar-refractivity contribution is 5.77. The number of nitrogens with zero attached hydrogens (tertiary/aromatic N) is 5. The Morgan fingerprint density at radius 1 is 1.25 bits per heavy atom. The van der Waals surface area contributed by atoms with E-state index in [-0.39, 0.29) is 42.7 Å². The molecule has 2 N–H and O–H groups in total. The molecule has 0 radical (unpaired) electrons. The summed E-state index contributed by atoms with van der Waals surface area (Å²) in [5.74, 6) is 0.0469. The number of rotatable bonds is 10. The van der Waals surface area contributed by atoms with Crippen LogP contribution >= 0.6 is 0 Å². The van der Waals surface area contributed by atoms with Crippen molar-refractivity contribution in [3.8, 4) is 0 Å². The van der Waals surface area contributed by atoms with Crippen molar-refractivity contribution in [2.75, 3.05) is 57.3 Å². The van der Waals surface area contributed by atoms with Gasteiger partial charge in [0.15, 0.2) is 0 Å². The third-order valence-electron chi connectivity index (χ3n) is 6.03. The van der Waals surface area contributed by atoms with E-state index in [2.05, 4.69) is 25.5 Å². The Hall–Kier alpha value is -3.26. The van der Waals surface area contributed by atoms with Crippen LogP contribution in [0.25, 0.3) is 0 Å². The van der Waals surface area contributed by atoms with Crippen LogP contribution in [0, 0.1) is 6.92 Å². The second-order valence-electron chi connectivity index (χ2n) is 8.54. The zero-order valence-corrected chi connectivity index (χ0v) is 20.3. The summed E-state index contributed by atoms with van der Waals surface area (Å²) in [5, 5.41) is 9.29. The Balaban J connectivity index is 1.45. The van der Waals surface area contributed by atoms with Crippen molar-refractivity contribution in [1.29, 1.82) is 0 Å². The van der Waals surface area contributed by atoms with Crippen LogP contribution in [-0.4, -0.2) is 90.1 Å². The van der Waals surface area contributed by atoms with Crippen molar-refractivity contribution in [1.82, 2.24) is 25.1 Å². The maximum atomic E-state index is 12.7. The standard InChI is InChI=1S/C22H30F3N7O4/c1-14-18(10-28-30-20(14)34)29-16(11-35-3)12-36-13-19(33)31(2)17-4-6-32(7-5-17)21-26-8-15(9-27-21)22(23,24)25/h8-10,16-17H,4-7,11-13H2,1-3H3,(H2,29,30,34)/t16-/m0/s1. The molecule has 198 valence electrons. The van der Waals surface area contributed by atoms with E-state index in [1.807, 2.05) is 0 Å². The summed E-state index contributed by atoms with van der Waals surface area (Å²) in [7, 11) is 3.25. The molecule has 14 heteroatoms. The lowest BCUT2D eigenvalue weighted by atomic mass is 10.0. The van der Waals surface area contributed by atoms with Crippen molar-refractivity contribution >= 4 is 17.5 Å². The SMILES string of the molecule is COC[C@@H](COCC(=O)N(C)C1CCN(c2ncc(C(F)(F)F)cn2)CC1)Nc1cn[nH]c(=O)c1C. The predicted octanol–water partition coefficient (Wildman–Crippen LogP) is 1.46. The average molecular weight is 514 g/mol. The van der Waals surface area contributed by atoms with Crippen LogP contribution in [0.5, 0.6) is 0 Å². The summed E-state index contributed by atoms with van der Waals surface area (Å²) in [5.41, 5.74) is -0.157. The molecular formula is C22H30F3N7O4. The van der Waals surface area contributed by atoms with E-state index in [1.54, 1.807) is 30.9 Å². The number of nitrogens with one attached hydrogen (secondary N) is 2. The highest BCUT2D eigenvalue weighted by Gasteiger charge is 2.32. The number of aromatic amines is 1. The molecule has 1 fully saturated rings. The second-order valence-corrected chi connectivity index (χ2v) is 8.54. The molecule has 1 saturated heterocycles. The molecule has 0 aromatic carbocycles. The lowest BCUT2D eigenvalue weighted by Gasteiger charge is -2.36. The first-order valence-corrected chi connectivity index (χ1v) is 11.4. The molecule has 11 nitrogen and oxygen atoms in total. The van der Waals surface area contributed by atoms with Gasteiger partial charge in [0, 0.05) is 51.2 Å². The van der Waals surface area contributed by atoms with Gasteiger partial charge in [-0.05, 0) is 19.8 Å². The molecule has 3 heterocycles. The number of amides is 1. The van der Waals surface area contributed by atoms with Gasteiger partial charge in [-0.25, -0.2) is 15.1 Å². The lowest BCUT2D eigenvalue weighted by molar-refractivity contribution is -0.138. The number of H-pyrrole nitrogens is 1. The molecule has 0 saturated carbocycles. The van der Waals surface area contributed by atoms with Crippen LogP contribution < -0.4 is 15.8 Å². The molecule has 1 aliphatic rings. The zero-order chi connectivity index (χ0) is 26.3. The van der Waals surface area contributed by atoms with Crippen LogP contribution in [0.1, 0.15) is 24.0 Å². The van der Waals surface area contributed by atoms with E-state index in [0.29, 0.717) is 43.8 Å². The molecule has 0 spiro atoms. The highest BCUT2D eigenvalue weighted by Crippen LogP contribution is 2.29. The number of ether oxygens (including phenoxy) is 2. The average Bonchev–Trinajstić information content (AvgIpc) is 2.86. The number of halogens is 3. The zero-order valence-electron chi connectivity index (χ0n) is 20.3. The van der Waals surface area contributed by atoms with E-state index in [1.165, 1.54) is 6.20 Å². The van der Waals surface area contributed by atoms with Crippen molar-refractivity contribution in [3.05, 3.63) is 40.1 Å². The van der Waals surface area contributed by atoms with Gasteiger partial charge in [-0.1, -0.05) is 0 Å². The van der Waals surface area contributed by atoms with Gasteiger partial charge in [0.1, 0.15) is 6.61 Å². The lowest BCUT2D eigenvalue weighted by Crippen LogP contribution is -2.47. The minimum atomic E-state index is -4.48. The Bertz CT molecular complexity index is 1060. The Kier molecular flexibility index (Phi) is 9.20. The van der Waals surface area contributed by atoms with Gasteiger partial charge in [-0.15, -0.1) is 0 Å². The minimum Gasteiger partial charge on any atom is -0.382 e. The van der Waals surface area contributed by atoms with Gasteiger partial charge in [0.25, 0.3) is 5.56 Å². The number of methoxy groups -OCH3 is 1. The van der Waals surface area contributed by atoms with Crippen molar-refractivity contribution in [2.45, 2.75) is 38.0 Å². The number of anilines is 2. The number of alkyl halides is 3. The van der Waals surface area contributed by atoms with Gasteiger partial charge in [0.2, 0.25) is 11.9 Å². The Labute approximate surface area is 206 Å². The number of aromatic nitrogens is 4. The van der Waals surface area contributed by atoms with E-state index in [9.17, 15) is 22.8 Å². The van der Waals surface area contributed by atoms with Gasteiger partial charge < -0.3 is 24.6 Å². The number of hydrogen-bond donors (Lipinski definition) is 2. The topological polar surface area (TPSA) is 126 Å². The molecule has 2 aromatic heterocycles. The highest BCUT2D eigenvalue weighted by atomic mass is 19.4. The molecule has 0 bridgehead atoms. The number of likely N-dealkylation sites (N-methyl/N-ethyl adjacent to an activating group) is 1. The Morgan fingerprint density at radius 3 is 2.53 bits per heavy atom. The van der Waals surface area contributed by atoms with E-state index in [4.69, 9.17) is 9.47 Å². The number of hydrogen-bond acceptors (Lipinski definition) is 9. The summed E-state index contributed by atoms with van der Waals surface area (Å²) in [4.78, 5) is 35.5. The first-order valence-electron chi connectivity index (χ1n) is 11.4. The maximum Gasteiger partial charge on any atom is 0.419 e. The quantitative estimate of drug-likeness (QED) is 0.486. The molecule has 3 rings (SSSR count). The first-order chi connectivity index (χ1) is 17.1. The molecule has 2 aromatic rings. The fourth-order valence-electron chi connectivity index (χ4n) is 3.83. The summed E-state index contributed by atoms with van der Waals surface area (Å²) in [6.45, 7) is 3.02.